The van der Waals surface area contributed by atoms with Crippen LogP contribution in [-0.2, 0) is 9.59 Å². The zero-order valence-corrected chi connectivity index (χ0v) is 12.7. The molecule has 0 spiro atoms. The number of benzene rings is 1. The predicted octanol–water partition coefficient (Wildman–Crippen LogP) is 1.48. The Hall–Kier alpha value is -2.63. The molecular weight excluding hydrogens is 308 g/mol. The lowest BCUT2D eigenvalue weighted by molar-refractivity contribution is -0.140. The molecule has 2 N–H and O–H groups in total. The number of phenolic OH excluding ortho intramolecular Hbond substituents is 2. The van der Waals surface area contributed by atoms with Crippen molar-refractivity contribution < 1.29 is 19.8 Å². The smallest absolute Gasteiger partial charge is 0.254 e. The molecule has 3 fully saturated rings. The van der Waals surface area contributed by atoms with Gasteiger partial charge in [0.2, 0.25) is 0 Å². The second-order valence-electron chi connectivity index (χ2n) is 7.13. The molecule has 2 bridgehead atoms. The van der Waals surface area contributed by atoms with E-state index in [1.54, 1.807) is 0 Å². The first kappa shape index (κ1) is 13.8. The Bertz CT molecular complexity index is 794. The topological polar surface area (TPSA) is 90.2 Å². The number of imide groups is 1. The zero-order chi connectivity index (χ0) is 16.6. The van der Waals surface area contributed by atoms with Crippen LogP contribution >= 0.6 is 0 Å². The maximum absolute atomic E-state index is 12.7. The summed E-state index contributed by atoms with van der Waals surface area (Å²) in [7, 11) is 0. The van der Waals surface area contributed by atoms with E-state index in [1.165, 1.54) is 24.4 Å². The number of hydrazone groups is 1. The lowest BCUT2D eigenvalue weighted by Gasteiger charge is -2.37. The third kappa shape index (κ3) is 1.68. The number of aromatic hydroxyl groups is 2. The quantitative estimate of drug-likeness (QED) is 0.490. The van der Waals surface area contributed by atoms with Gasteiger partial charge in [0.1, 0.15) is 11.5 Å². The van der Waals surface area contributed by atoms with E-state index in [2.05, 4.69) is 17.3 Å². The van der Waals surface area contributed by atoms with Crippen LogP contribution in [0.5, 0.6) is 11.5 Å². The number of carbonyl (C=O) groups excluding carboxylic acids is 2. The van der Waals surface area contributed by atoms with Gasteiger partial charge >= 0.3 is 0 Å². The third-order valence-electron chi connectivity index (χ3n) is 5.97. The fourth-order valence-corrected chi connectivity index (χ4v) is 4.82. The summed E-state index contributed by atoms with van der Waals surface area (Å²) in [6.45, 7) is 0. The molecule has 0 unspecified atom stereocenters. The second-order valence-corrected chi connectivity index (χ2v) is 7.13. The van der Waals surface area contributed by atoms with Gasteiger partial charge in [0.25, 0.3) is 11.8 Å². The predicted molar refractivity (Wildman–Crippen MR) is 83.9 cm³/mol. The Balaban J connectivity index is 1.45. The normalized spacial score (nSPS) is 38.8. The van der Waals surface area contributed by atoms with Crippen molar-refractivity contribution in [1.29, 1.82) is 0 Å². The lowest BCUT2D eigenvalue weighted by Crippen LogP contribution is -2.40. The van der Waals surface area contributed by atoms with Crippen molar-refractivity contribution in [3.05, 3.63) is 35.9 Å². The molecule has 1 saturated heterocycles. The molecular formula is C18H16N2O4. The van der Waals surface area contributed by atoms with Crippen molar-refractivity contribution in [3.63, 3.8) is 0 Å². The summed E-state index contributed by atoms with van der Waals surface area (Å²) in [4.78, 5) is 25.4. The number of nitrogens with zero attached hydrogens (tertiary/aromatic N) is 2. The van der Waals surface area contributed by atoms with Gasteiger partial charge in [-0.1, -0.05) is 12.2 Å². The van der Waals surface area contributed by atoms with E-state index in [0.29, 0.717) is 17.4 Å². The van der Waals surface area contributed by atoms with Gasteiger partial charge in [0.05, 0.1) is 18.1 Å². The van der Waals surface area contributed by atoms with E-state index >= 15 is 0 Å². The molecule has 24 heavy (non-hydrogen) atoms. The van der Waals surface area contributed by atoms with Gasteiger partial charge in [-0.3, -0.25) is 9.59 Å². The van der Waals surface area contributed by atoms with Crippen LogP contribution in [-0.4, -0.2) is 33.3 Å². The summed E-state index contributed by atoms with van der Waals surface area (Å²) >= 11 is 0. The maximum atomic E-state index is 12.7. The monoisotopic (exact) mass is 324 g/mol. The molecule has 6 rings (SSSR count). The summed E-state index contributed by atoms with van der Waals surface area (Å²) in [6, 6.07) is 4.07. The van der Waals surface area contributed by atoms with Crippen molar-refractivity contribution in [2.45, 2.75) is 6.42 Å². The fourth-order valence-electron chi connectivity index (χ4n) is 4.82. The van der Waals surface area contributed by atoms with E-state index in [4.69, 9.17) is 0 Å². The number of carbonyl (C=O) groups is 2. The first-order valence-electron chi connectivity index (χ1n) is 8.18. The molecule has 122 valence electrons. The Morgan fingerprint density at radius 2 is 1.67 bits per heavy atom. The van der Waals surface area contributed by atoms with Gasteiger partial charge in [0, 0.05) is 11.6 Å². The summed E-state index contributed by atoms with van der Waals surface area (Å²) in [6.07, 6.45) is 6.65. The van der Waals surface area contributed by atoms with Crippen molar-refractivity contribution in [2.24, 2.45) is 40.6 Å². The second kappa shape index (κ2) is 4.47. The highest BCUT2D eigenvalue weighted by Crippen LogP contribution is 2.65. The molecule has 6 heteroatoms. The SMILES string of the molecule is O=C1[C@@H]2[C@H]3C=C[C@@H]([C@@H]4C[C@@H]34)[C@@H]2C(=O)N1/N=C\c1ccc(O)cc1O. The number of rotatable bonds is 2. The molecule has 5 aliphatic rings. The van der Waals surface area contributed by atoms with Crippen LogP contribution in [0.3, 0.4) is 0 Å². The van der Waals surface area contributed by atoms with Gasteiger partial charge in [-0.25, -0.2) is 0 Å². The molecule has 1 heterocycles. The van der Waals surface area contributed by atoms with Gasteiger partial charge in [0.15, 0.2) is 0 Å². The molecule has 1 aromatic carbocycles. The highest BCUT2D eigenvalue weighted by molar-refractivity contribution is 6.06. The summed E-state index contributed by atoms with van der Waals surface area (Å²) in [5.74, 6) is 0.222. The Labute approximate surface area is 138 Å². The maximum Gasteiger partial charge on any atom is 0.254 e. The van der Waals surface area contributed by atoms with E-state index in [-0.39, 0.29) is 47.0 Å². The molecule has 0 aromatic heterocycles. The van der Waals surface area contributed by atoms with Crippen LogP contribution in [0.15, 0.2) is 35.5 Å². The summed E-state index contributed by atoms with van der Waals surface area (Å²) in [5, 5.41) is 24.1. The van der Waals surface area contributed by atoms with Gasteiger partial charge in [-0.2, -0.15) is 10.1 Å². The molecule has 1 aliphatic heterocycles. The van der Waals surface area contributed by atoms with Crippen LogP contribution in [0.25, 0.3) is 0 Å². The molecule has 2 saturated carbocycles. The molecule has 1 aromatic rings. The van der Waals surface area contributed by atoms with E-state index < -0.39 is 0 Å². The van der Waals surface area contributed by atoms with Crippen LogP contribution in [0.1, 0.15) is 12.0 Å². The number of allylic oxidation sites excluding steroid dienone is 2. The average molecular weight is 324 g/mol. The third-order valence-corrected chi connectivity index (χ3v) is 5.97. The minimum atomic E-state index is -0.276. The minimum absolute atomic E-state index is 0.0640. The van der Waals surface area contributed by atoms with Gasteiger partial charge < -0.3 is 10.2 Å². The van der Waals surface area contributed by atoms with Crippen molar-refractivity contribution >= 4 is 18.0 Å². The first-order chi connectivity index (χ1) is 11.6. The molecule has 6 atom stereocenters. The lowest BCUT2D eigenvalue weighted by atomic mass is 9.63. The number of hydrogen-bond donors (Lipinski definition) is 2. The molecule has 0 radical (unpaired) electrons. The molecule has 2 amide bonds. The Morgan fingerprint density at radius 1 is 1.04 bits per heavy atom. The minimum Gasteiger partial charge on any atom is -0.508 e. The van der Waals surface area contributed by atoms with Crippen LogP contribution in [0, 0.1) is 35.5 Å². The average Bonchev–Trinajstić information content (AvgIpc) is 3.33. The summed E-state index contributed by atoms with van der Waals surface area (Å²) < 4.78 is 0. The van der Waals surface area contributed by atoms with Crippen molar-refractivity contribution in [1.82, 2.24) is 5.01 Å². The molecule has 6 nitrogen and oxygen atoms in total. The van der Waals surface area contributed by atoms with Crippen molar-refractivity contribution in [3.8, 4) is 11.5 Å². The van der Waals surface area contributed by atoms with E-state index in [9.17, 15) is 19.8 Å². The highest BCUT2D eigenvalue weighted by Gasteiger charge is 2.67. The van der Waals surface area contributed by atoms with Gasteiger partial charge in [-0.05, 0) is 42.2 Å². The summed E-state index contributed by atoms with van der Waals surface area (Å²) in [5.41, 5.74) is 0.340. The highest BCUT2D eigenvalue weighted by atomic mass is 16.3. The van der Waals surface area contributed by atoms with Crippen LogP contribution in [0.4, 0.5) is 0 Å². The standard InChI is InChI=1S/C18H16N2O4/c21-9-2-1-8(14(22)5-9)7-19-20-17(23)15-10-3-4-11(13-6-12(10)13)16(15)18(20)24/h1-5,7,10-13,15-16,21-22H,6H2/b19-7-/t10-,11-,12-,13-,15-,16+/m0/s1. The number of hydrogen-bond acceptors (Lipinski definition) is 5. The number of phenols is 2. The molecule has 4 aliphatic carbocycles. The van der Waals surface area contributed by atoms with Crippen LogP contribution in [0.2, 0.25) is 0 Å². The first-order valence-corrected chi connectivity index (χ1v) is 8.18. The Morgan fingerprint density at radius 3 is 2.25 bits per heavy atom. The number of amides is 2. The zero-order valence-electron chi connectivity index (χ0n) is 12.7. The van der Waals surface area contributed by atoms with Crippen LogP contribution < -0.4 is 0 Å². The van der Waals surface area contributed by atoms with Crippen molar-refractivity contribution in [2.75, 3.05) is 0 Å². The van der Waals surface area contributed by atoms with E-state index in [0.717, 1.165) is 11.4 Å². The fraction of sp³-hybridized carbons (Fsp3) is 0.389. The van der Waals surface area contributed by atoms with E-state index in [1.807, 2.05) is 0 Å². The largest absolute Gasteiger partial charge is 0.508 e. The van der Waals surface area contributed by atoms with Gasteiger partial charge in [-0.15, -0.1) is 0 Å². The Kier molecular flexibility index (Phi) is 2.56.